The van der Waals surface area contributed by atoms with E-state index in [0.717, 1.165) is 5.56 Å². The molecule has 1 atom stereocenters. The van der Waals surface area contributed by atoms with Crippen molar-refractivity contribution in [1.29, 1.82) is 0 Å². The van der Waals surface area contributed by atoms with Crippen LogP contribution in [0.15, 0.2) is 18.2 Å². The fourth-order valence-electron chi connectivity index (χ4n) is 1.71. The Hall–Kier alpha value is -1.76. The van der Waals surface area contributed by atoms with E-state index < -0.39 is 18.9 Å². The maximum absolute atomic E-state index is 12.1. The van der Waals surface area contributed by atoms with Crippen LogP contribution in [0.4, 0.5) is 18.9 Å². The number of ether oxygens (including phenoxy) is 1. The lowest BCUT2D eigenvalue weighted by Crippen LogP contribution is -2.34. The molecule has 104 valence electrons. The zero-order valence-electron chi connectivity index (χ0n) is 9.83. The summed E-state index contributed by atoms with van der Waals surface area (Å²) in [6.45, 7) is -0.879. The molecule has 7 heteroatoms. The Balaban J connectivity index is 2.02. The molecule has 1 aromatic carbocycles. The minimum atomic E-state index is -4.71. The number of aryl methyl sites for hydroxylation is 1. The van der Waals surface area contributed by atoms with Crippen molar-refractivity contribution < 1.29 is 27.8 Å². The highest BCUT2D eigenvalue weighted by molar-refractivity contribution is 5.94. The molecule has 0 fully saturated rings. The van der Waals surface area contributed by atoms with Crippen molar-refractivity contribution in [1.82, 2.24) is 0 Å². The SMILES string of the molecule is O=C1CCc2ccc(OCC(O)C(F)(F)F)cc2N1. The summed E-state index contributed by atoms with van der Waals surface area (Å²) in [6, 6.07) is 4.65. The Morgan fingerprint density at radius 2 is 2.11 bits per heavy atom. The first kappa shape index (κ1) is 13.7. The van der Waals surface area contributed by atoms with Crippen molar-refractivity contribution in [2.75, 3.05) is 11.9 Å². The second-order valence-electron chi connectivity index (χ2n) is 4.24. The highest BCUT2D eigenvalue weighted by atomic mass is 19.4. The number of fused-ring (bicyclic) bond motifs is 1. The third-order valence-electron chi connectivity index (χ3n) is 2.76. The molecule has 0 bridgehead atoms. The minimum absolute atomic E-state index is 0.139. The van der Waals surface area contributed by atoms with Crippen LogP contribution in [0.25, 0.3) is 0 Å². The summed E-state index contributed by atoms with van der Waals surface area (Å²) in [5.41, 5.74) is 1.44. The topological polar surface area (TPSA) is 58.6 Å². The summed E-state index contributed by atoms with van der Waals surface area (Å²) in [7, 11) is 0. The van der Waals surface area contributed by atoms with Crippen LogP contribution in [0, 0.1) is 0 Å². The number of halogens is 3. The summed E-state index contributed by atoms with van der Waals surface area (Å²) in [5, 5.41) is 11.4. The number of rotatable bonds is 3. The van der Waals surface area contributed by atoms with E-state index in [1.54, 1.807) is 6.07 Å². The Morgan fingerprint density at radius 3 is 2.79 bits per heavy atom. The van der Waals surface area contributed by atoms with Gasteiger partial charge in [0.05, 0.1) is 0 Å². The van der Waals surface area contributed by atoms with Crippen molar-refractivity contribution in [3.8, 4) is 5.75 Å². The smallest absolute Gasteiger partial charge is 0.417 e. The first-order valence-corrected chi connectivity index (χ1v) is 5.66. The molecule has 1 aliphatic rings. The monoisotopic (exact) mass is 275 g/mol. The molecule has 2 rings (SSSR count). The number of aliphatic hydroxyl groups is 1. The van der Waals surface area contributed by atoms with Gasteiger partial charge in [0.15, 0.2) is 6.10 Å². The number of anilines is 1. The normalized spacial score (nSPS) is 16.5. The molecule has 0 spiro atoms. The van der Waals surface area contributed by atoms with Crippen LogP contribution in [-0.2, 0) is 11.2 Å². The standard InChI is InChI=1S/C12H12F3NO3/c13-12(14,15)10(17)6-19-8-3-1-7-2-4-11(18)16-9(7)5-8/h1,3,5,10,17H,2,4,6H2,(H,16,18). The van der Waals surface area contributed by atoms with Gasteiger partial charge in [-0.25, -0.2) is 0 Å². The van der Waals surface area contributed by atoms with E-state index in [-0.39, 0.29) is 11.7 Å². The summed E-state index contributed by atoms with van der Waals surface area (Å²) >= 11 is 0. The zero-order valence-corrected chi connectivity index (χ0v) is 9.83. The number of amides is 1. The van der Waals surface area contributed by atoms with Gasteiger partial charge in [-0.2, -0.15) is 13.2 Å². The molecule has 0 saturated heterocycles. The van der Waals surface area contributed by atoms with Gasteiger partial charge >= 0.3 is 6.18 Å². The molecule has 1 unspecified atom stereocenters. The van der Waals surface area contributed by atoms with E-state index in [0.29, 0.717) is 18.5 Å². The van der Waals surface area contributed by atoms with Gasteiger partial charge in [-0.15, -0.1) is 0 Å². The van der Waals surface area contributed by atoms with Crippen molar-refractivity contribution >= 4 is 11.6 Å². The minimum Gasteiger partial charge on any atom is -0.490 e. The van der Waals surface area contributed by atoms with Crippen molar-refractivity contribution in [3.05, 3.63) is 23.8 Å². The molecule has 19 heavy (non-hydrogen) atoms. The third-order valence-corrected chi connectivity index (χ3v) is 2.76. The van der Waals surface area contributed by atoms with E-state index >= 15 is 0 Å². The number of nitrogens with one attached hydrogen (secondary N) is 1. The lowest BCUT2D eigenvalue weighted by molar-refractivity contribution is -0.210. The van der Waals surface area contributed by atoms with Crippen LogP contribution in [-0.4, -0.2) is 29.9 Å². The van der Waals surface area contributed by atoms with Gasteiger partial charge in [0.25, 0.3) is 0 Å². The van der Waals surface area contributed by atoms with Crippen molar-refractivity contribution in [3.63, 3.8) is 0 Å². The van der Waals surface area contributed by atoms with Gasteiger partial charge in [0, 0.05) is 18.2 Å². The molecule has 1 aliphatic heterocycles. The molecule has 1 heterocycles. The largest absolute Gasteiger partial charge is 0.490 e. The molecule has 1 amide bonds. The molecule has 0 aliphatic carbocycles. The van der Waals surface area contributed by atoms with Crippen LogP contribution >= 0.6 is 0 Å². The predicted octanol–water partition coefficient (Wildman–Crippen LogP) is 1.87. The maximum Gasteiger partial charge on any atom is 0.417 e. The highest BCUT2D eigenvalue weighted by Gasteiger charge is 2.38. The van der Waals surface area contributed by atoms with Gasteiger partial charge in [0.2, 0.25) is 5.91 Å². The maximum atomic E-state index is 12.1. The summed E-state index contributed by atoms with van der Waals surface area (Å²) in [5.74, 6) is 0.0317. The fraction of sp³-hybridized carbons (Fsp3) is 0.417. The lowest BCUT2D eigenvalue weighted by atomic mass is 10.0. The van der Waals surface area contributed by atoms with Crippen LogP contribution in [0.2, 0.25) is 0 Å². The van der Waals surface area contributed by atoms with Gasteiger partial charge in [0.1, 0.15) is 12.4 Å². The van der Waals surface area contributed by atoms with Crippen LogP contribution in [0.3, 0.4) is 0 Å². The first-order valence-electron chi connectivity index (χ1n) is 5.66. The predicted molar refractivity (Wildman–Crippen MR) is 60.9 cm³/mol. The van der Waals surface area contributed by atoms with Gasteiger partial charge in [-0.05, 0) is 18.1 Å². The van der Waals surface area contributed by atoms with E-state index in [9.17, 15) is 18.0 Å². The van der Waals surface area contributed by atoms with E-state index in [4.69, 9.17) is 9.84 Å². The second-order valence-corrected chi connectivity index (χ2v) is 4.24. The molecule has 1 aromatic rings. The zero-order chi connectivity index (χ0) is 14.0. The number of aliphatic hydroxyl groups excluding tert-OH is 1. The van der Waals surface area contributed by atoms with Gasteiger partial charge in [-0.3, -0.25) is 4.79 Å². The van der Waals surface area contributed by atoms with Crippen molar-refractivity contribution in [2.24, 2.45) is 0 Å². The van der Waals surface area contributed by atoms with Crippen LogP contribution < -0.4 is 10.1 Å². The molecule has 0 aromatic heterocycles. The Morgan fingerprint density at radius 1 is 1.37 bits per heavy atom. The average Bonchev–Trinajstić information content (AvgIpc) is 2.34. The highest BCUT2D eigenvalue weighted by Crippen LogP contribution is 2.28. The number of carbonyl (C=O) groups is 1. The Labute approximate surface area is 107 Å². The number of carbonyl (C=O) groups excluding carboxylic acids is 1. The number of hydrogen-bond donors (Lipinski definition) is 2. The van der Waals surface area contributed by atoms with Crippen LogP contribution in [0.1, 0.15) is 12.0 Å². The molecular formula is C12H12F3NO3. The third kappa shape index (κ3) is 3.37. The molecular weight excluding hydrogens is 263 g/mol. The average molecular weight is 275 g/mol. The molecule has 0 radical (unpaired) electrons. The molecule has 4 nitrogen and oxygen atoms in total. The molecule has 0 saturated carbocycles. The van der Waals surface area contributed by atoms with E-state index in [1.807, 2.05) is 0 Å². The Bertz CT molecular complexity index is 488. The fourth-order valence-corrected chi connectivity index (χ4v) is 1.71. The van der Waals surface area contributed by atoms with Gasteiger partial charge < -0.3 is 15.2 Å². The van der Waals surface area contributed by atoms with E-state index in [2.05, 4.69) is 5.32 Å². The molecule has 2 N–H and O–H groups in total. The van der Waals surface area contributed by atoms with Gasteiger partial charge in [-0.1, -0.05) is 6.07 Å². The van der Waals surface area contributed by atoms with Crippen LogP contribution in [0.5, 0.6) is 5.75 Å². The van der Waals surface area contributed by atoms with Crippen molar-refractivity contribution in [2.45, 2.75) is 25.1 Å². The Kier molecular flexibility index (Phi) is 3.66. The van der Waals surface area contributed by atoms with E-state index in [1.165, 1.54) is 12.1 Å². The second kappa shape index (κ2) is 5.08. The number of benzene rings is 1. The number of hydrogen-bond acceptors (Lipinski definition) is 3. The summed E-state index contributed by atoms with van der Waals surface area (Å²) < 4.78 is 41.1. The summed E-state index contributed by atoms with van der Waals surface area (Å²) in [6.07, 6.45) is -6.26. The number of alkyl halides is 3. The summed E-state index contributed by atoms with van der Waals surface area (Å²) in [4.78, 5) is 11.2. The quantitative estimate of drug-likeness (QED) is 0.885. The first-order chi connectivity index (χ1) is 8.86. The lowest BCUT2D eigenvalue weighted by Gasteiger charge is -2.19.